The SMILES string of the molecule is CC(C)(C)c1csc(C2CCN(C(=O)CCn3cncn3)CC2)n1. The van der Waals surface area contributed by atoms with Gasteiger partial charge in [-0.1, -0.05) is 20.8 Å². The molecule has 0 saturated carbocycles. The molecule has 1 saturated heterocycles. The van der Waals surface area contributed by atoms with Crippen LogP contribution in [0, 0.1) is 0 Å². The summed E-state index contributed by atoms with van der Waals surface area (Å²) in [7, 11) is 0. The molecule has 6 nitrogen and oxygen atoms in total. The van der Waals surface area contributed by atoms with Crippen molar-refractivity contribution in [1.29, 1.82) is 0 Å². The van der Waals surface area contributed by atoms with Crippen LogP contribution < -0.4 is 0 Å². The number of thiazole rings is 1. The molecule has 0 atom stereocenters. The summed E-state index contributed by atoms with van der Waals surface area (Å²) in [6.07, 6.45) is 5.64. The van der Waals surface area contributed by atoms with E-state index >= 15 is 0 Å². The highest BCUT2D eigenvalue weighted by molar-refractivity contribution is 7.09. The highest BCUT2D eigenvalue weighted by Gasteiger charge is 2.27. The summed E-state index contributed by atoms with van der Waals surface area (Å²) in [6.45, 7) is 8.84. The van der Waals surface area contributed by atoms with Crippen LogP contribution in [0.3, 0.4) is 0 Å². The van der Waals surface area contributed by atoms with Crippen LogP contribution in [-0.2, 0) is 16.8 Å². The average Bonchev–Trinajstić information content (AvgIpc) is 3.23. The third-order valence-electron chi connectivity index (χ3n) is 4.51. The Morgan fingerprint density at radius 2 is 2.08 bits per heavy atom. The quantitative estimate of drug-likeness (QED) is 0.853. The second-order valence-corrected chi connectivity index (χ2v) is 8.27. The lowest BCUT2D eigenvalue weighted by Crippen LogP contribution is -2.38. The molecule has 0 unspecified atom stereocenters. The monoisotopic (exact) mass is 347 g/mol. The van der Waals surface area contributed by atoms with Crippen molar-refractivity contribution < 1.29 is 4.79 Å². The molecule has 1 aliphatic heterocycles. The van der Waals surface area contributed by atoms with Crippen LogP contribution in [0.25, 0.3) is 0 Å². The third-order valence-corrected chi connectivity index (χ3v) is 5.52. The number of rotatable bonds is 4. The van der Waals surface area contributed by atoms with Gasteiger partial charge < -0.3 is 4.90 Å². The first-order chi connectivity index (χ1) is 11.4. The topological polar surface area (TPSA) is 63.9 Å². The molecule has 1 fully saturated rings. The zero-order chi connectivity index (χ0) is 17.2. The molecule has 1 amide bonds. The van der Waals surface area contributed by atoms with E-state index in [1.54, 1.807) is 22.3 Å². The molecule has 0 N–H and O–H groups in total. The minimum Gasteiger partial charge on any atom is -0.343 e. The van der Waals surface area contributed by atoms with Gasteiger partial charge in [-0.05, 0) is 12.8 Å². The standard InChI is InChI=1S/C17H25N5OS/c1-17(2,3)14-10-24-16(20-14)13-4-7-21(8-5-13)15(23)6-9-22-12-18-11-19-22/h10-13H,4-9H2,1-3H3. The van der Waals surface area contributed by atoms with Crippen molar-refractivity contribution in [3.8, 4) is 0 Å². The summed E-state index contributed by atoms with van der Waals surface area (Å²) in [6, 6.07) is 0. The Bertz CT molecular complexity index is 665. The van der Waals surface area contributed by atoms with Gasteiger partial charge in [0.1, 0.15) is 12.7 Å². The molecule has 1 aliphatic rings. The molecule has 0 bridgehead atoms. The van der Waals surface area contributed by atoms with E-state index in [9.17, 15) is 4.79 Å². The van der Waals surface area contributed by atoms with Crippen LogP contribution in [0.2, 0.25) is 0 Å². The minimum atomic E-state index is 0.104. The van der Waals surface area contributed by atoms with Crippen LogP contribution in [0.15, 0.2) is 18.0 Å². The van der Waals surface area contributed by atoms with Crippen molar-refractivity contribution in [1.82, 2.24) is 24.6 Å². The smallest absolute Gasteiger partial charge is 0.224 e. The molecule has 0 aliphatic carbocycles. The van der Waals surface area contributed by atoms with Gasteiger partial charge in [0.05, 0.1) is 17.2 Å². The van der Waals surface area contributed by atoms with Gasteiger partial charge >= 0.3 is 0 Å². The van der Waals surface area contributed by atoms with E-state index in [0.29, 0.717) is 18.9 Å². The van der Waals surface area contributed by atoms with E-state index in [4.69, 9.17) is 4.98 Å². The molecule has 2 aromatic rings. The molecule has 7 heteroatoms. The molecule has 0 aromatic carbocycles. The Morgan fingerprint density at radius 1 is 1.33 bits per heavy atom. The van der Waals surface area contributed by atoms with E-state index in [2.05, 4.69) is 36.2 Å². The minimum absolute atomic E-state index is 0.104. The van der Waals surface area contributed by atoms with E-state index in [1.807, 2.05) is 4.90 Å². The molecule has 0 spiro atoms. The number of carbonyl (C=O) groups is 1. The Morgan fingerprint density at radius 3 is 2.67 bits per heavy atom. The van der Waals surface area contributed by atoms with Crippen LogP contribution in [0.4, 0.5) is 0 Å². The van der Waals surface area contributed by atoms with Crippen LogP contribution >= 0.6 is 11.3 Å². The van der Waals surface area contributed by atoms with E-state index in [-0.39, 0.29) is 11.3 Å². The fourth-order valence-corrected chi connectivity index (χ4v) is 4.13. The number of amides is 1. The Labute approximate surface area is 146 Å². The zero-order valence-electron chi connectivity index (χ0n) is 14.6. The maximum Gasteiger partial charge on any atom is 0.224 e. The first kappa shape index (κ1) is 17.1. The van der Waals surface area contributed by atoms with Gasteiger partial charge in [-0.3, -0.25) is 9.48 Å². The summed E-state index contributed by atoms with van der Waals surface area (Å²) in [5, 5.41) is 7.45. The number of carbonyl (C=O) groups excluding carboxylic acids is 1. The van der Waals surface area contributed by atoms with Crippen LogP contribution in [-0.4, -0.2) is 43.6 Å². The number of aryl methyl sites for hydroxylation is 1. The zero-order valence-corrected chi connectivity index (χ0v) is 15.4. The summed E-state index contributed by atoms with van der Waals surface area (Å²) < 4.78 is 1.70. The second kappa shape index (κ2) is 7.01. The number of nitrogens with zero attached hydrogens (tertiary/aromatic N) is 5. The number of likely N-dealkylation sites (tertiary alicyclic amines) is 1. The van der Waals surface area contributed by atoms with Gasteiger partial charge in [0.2, 0.25) is 5.91 Å². The first-order valence-electron chi connectivity index (χ1n) is 8.49. The fraction of sp³-hybridized carbons (Fsp3) is 0.647. The van der Waals surface area contributed by atoms with Crippen LogP contribution in [0.5, 0.6) is 0 Å². The van der Waals surface area contributed by atoms with Gasteiger partial charge in [-0.2, -0.15) is 5.10 Å². The van der Waals surface area contributed by atoms with E-state index in [0.717, 1.165) is 25.9 Å². The molecule has 24 heavy (non-hydrogen) atoms. The normalized spacial score (nSPS) is 16.5. The van der Waals surface area contributed by atoms with Gasteiger partial charge in [-0.25, -0.2) is 9.97 Å². The molecule has 2 aromatic heterocycles. The lowest BCUT2D eigenvalue weighted by molar-refractivity contribution is -0.132. The molecule has 3 heterocycles. The first-order valence-corrected chi connectivity index (χ1v) is 9.37. The maximum absolute atomic E-state index is 12.3. The summed E-state index contributed by atoms with van der Waals surface area (Å²) >= 11 is 1.77. The molecule has 130 valence electrons. The van der Waals surface area contributed by atoms with Gasteiger partial charge in [0.15, 0.2) is 0 Å². The van der Waals surface area contributed by atoms with Gasteiger partial charge in [0, 0.05) is 36.2 Å². The number of piperidine rings is 1. The van der Waals surface area contributed by atoms with Gasteiger partial charge in [-0.15, -0.1) is 11.3 Å². The number of aromatic nitrogens is 4. The van der Waals surface area contributed by atoms with E-state index < -0.39 is 0 Å². The van der Waals surface area contributed by atoms with Crippen molar-refractivity contribution in [3.05, 3.63) is 28.7 Å². The van der Waals surface area contributed by atoms with E-state index in [1.165, 1.54) is 17.0 Å². The van der Waals surface area contributed by atoms with Crippen LogP contribution in [0.1, 0.15) is 56.7 Å². The molecular formula is C17H25N5OS. The number of hydrogen-bond donors (Lipinski definition) is 0. The Balaban J connectivity index is 1.50. The number of hydrogen-bond acceptors (Lipinski definition) is 5. The highest BCUT2D eigenvalue weighted by atomic mass is 32.1. The Kier molecular flexibility index (Phi) is 4.99. The van der Waals surface area contributed by atoms with Crippen molar-refractivity contribution >= 4 is 17.2 Å². The van der Waals surface area contributed by atoms with Gasteiger partial charge in [0.25, 0.3) is 0 Å². The predicted molar refractivity (Wildman–Crippen MR) is 94.0 cm³/mol. The molecular weight excluding hydrogens is 322 g/mol. The third kappa shape index (κ3) is 4.01. The van der Waals surface area contributed by atoms with Crippen molar-refractivity contribution in [2.45, 2.75) is 57.9 Å². The Hall–Kier alpha value is -1.76. The fourth-order valence-electron chi connectivity index (χ4n) is 2.91. The molecule has 3 rings (SSSR count). The van der Waals surface area contributed by atoms with Crippen molar-refractivity contribution in [2.24, 2.45) is 0 Å². The average molecular weight is 347 g/mol. The largest absolute Gasteiger partial charge is 0.343 e. The van der Waals surface area contributed by atoms with Crippen molar-refractivity contribution in [3.63, 3.8) is 0 Å². The van der Waals surface area contributed by atoms with Crippen molar-refractivity contribution in [2.75, 3.05) is 13.1 Å². The summed E-state index contributed by atoms with van der Waals surface area (Å²) in [5.41, 5.74) is 1.28. The molecule has 0 radical (unpaired) electrons. The lowest BCUT2D eigenvalue weighted by atomic mass is 9.93. The highest BCUT2D eigenvalue weighted by Crippen LogP contribution is 2.33. The summed E-state index contributed by atoms with van der Waals surface area (Å²) in [4.78, 5) is 23.0. The maximum atomic E-state index is 12.3. The predicted octanol–water partition coefficient (Wildman–Crippen LogP) is 2.83. The summed E-state index contributed by atoms with van der Waals surface area (Å²) in [5.74, 6) is 0.698. The second-order valence-electron chi connectivity index (χ2n) is 7.38. The lowest BCUT2D eigenvalue weighted by Gasteiger charge is -2.31.